The van der Waals surface area contributed by atoms with Crippen molar-refractivity contribution in [3.8, 4) is 39.8 Å². The lowest BCUT2D eigenvalue weighted by Crippen LogP contribution is -2.06. The largest absolute Gasteiger partial charge is 0.496 e. The zero-order valence-corrected chi connectivity index (χ0v) is 18.3. The van der Waals surface area contributed by atoms with Crippen LogP contribution in [0.3, 0.4) is 0 Å². The monoisotopic (exact) mass is 421 g/mol. The first-order valence-corrected chi connectivity index (χ1v) is 11.3. The molecular weight excluding hydrogens is 394 g/mol. The quantitative estimate of drug-likeness (QED) is 0.301. The highest BCUT2D eigenvalue weighted by atomic mass is 16.5. The van der Waals surface area contributed by atoms with Gasteiger partial charge in [0.2, 0.25) is 5.89 Å². The van der Waals surface area contributed by atoms with E-state index in [9.17, 15) is 0 Å². The fraction of sp³-hybridized carbons (Fsp3) is 0.207. The SMILES string of the molecule is COc1cccc(CC2C=CCCC2)c1-c1nc(-c2ccccc2)c(-c2ccccc2)o1. The Hall–Kier alpha value is -3.59. The van der Waals surface area contributed by atoms with Crippen LogP contribution in [0.4, 0.5) is 0 Å². The third-order valence-corrected chi connectivity index (χ3v) is 6.09. The first-order chi connectivity index (χ1) is 15.8. The van der Waals surface area contributed by atoms with E-state index in [1.807, 2.05) is 42.5 Å². The summed E-state index contributed by atoms with van der Waals surface area (Å²) in [6.07, 6.45) is 9.25. The molecule has 0 N–H and O–H groups in total. The highest BCUT2D eigenvalue weighted by molar-refractivity contribution is 5.80. The predicted octanol–water partition coefficient (Wildman–Crippen LogP) is 7.58. The van der Waals surface area contributed by atoms with Gasteiger partial charge < -0.3 is 9.15 Å². The van der Waals surface area contributed by atoms with Crippen LogP contribution in [-0.4, -0.2) is 12.1 Å². The first kappa shape index (κ1) is 20.3. The molecule has 160 valence electrons. The molecule has 3 heteroatoms. The molecule has 1 heterocycles. The molecule has 0 fully saturated rings. The number of aromatic nitrogens is 1. The minimum atomic E-state index is 0.534. The van der Waals surface area contributed by atoms with Crippen LogP contribution < -0.4 is 4.74 Å². The maximum absolute atomic E-state index is 6.50. The van der Waals surface area contributed by atoms with Gasteiger partial charge in [0.25, 0.3) is 0 Å². The molecule has 0 saturated carbocycles. The van der Waals surface area contributed by atoms with Crippen molar-refractivity contribution in [2.45, 2.75) is 25.7 Å². The molecule has 3 aromatic carbocycles. The summed E-state index contributed by atoms with van der Waals surface area (Å²) in [4.78, 5) is 5.02. The fourth-order valence-corrected chi connectivity index (χ4v) is 4.50. The predicted molar refractivity (Wildman–Crippen MR) is 130 cm³/mol. The van der Waals surface area contributed by atoms with Crippen LogP contribution in [0, 0.1) is 5.92 Å². The molecule has 4 aromatic rings. The first-order valence-electron chi connectivity index (χ1n) is 11.3. The topological polar surface area (TPSA) is 35.3 Å². The number of oxazole rings is 1. The van der Waals surface area contributed by atoms with E-state index in [0.717, 1.165) is 40.3 Å². The van der Waals surface area contributed by atoms with Crippen LogP contribution >= 0.6 is 0 Å². The highest BCUT2D eigenvalue weighted by Gasteiger charge is 2.23. The number of hydrogen-bond acceptors (Lipinski definition) is 3. The second-order valence-electron chi connectivity index (χ2n) is 8.25. The summed E-state index contributed by atoms with van der Waals surface area (Å²) in [5.74, 6) is 2.71. The number of ether oxygens (including phenoxy) is 1. The number of allylic oxidation sites excluding steroid dienone is 2. The van der Waals surface area contributed by atoms with Crippen LogP contribution in [0.1, 0.15) is 24.8 Å². The summed E-state index contributed by atoms with van der Waals surface area (Å²) in [6.45, 7) is 0. The van der Waals surface area contributed by atoms with Gasteiger partial charge in [-0.15, -0.1) is 0 Å². The number of rotatable bonds is 6. The van der Waals surface area contributed by atoms with Crippen molar-refractivity contribution in [1.82, 2.24) is 4.98 Å². The van der Waals surface area contributed by atoms with Gasteiger partial charge in [0.05, 0.1) is 12.7 Å². The Labute approximate surface area is 189 Å². The van der Waals surface area contributed by atoms with E-state index in [1.54, 1.807) is 7.11 Å². The van der Waals surface area contributed by atoms with Crippen molar-refractivity contribution in [3.63, 3.8) is 0 Å². The lowest BCUT2D eigenvalue weighted by Gasteiger charge is -2.18. The van der Waals surface area contributed by atoms with E-state index in [-0.39, 0.29) is 0 Å². The molecule has 1 aliphatic carbocycles. The molecule has 5 rings (SSSR count). The molecule has 0 amide bonds. The Balaban J connectivity index is 1.66. The molecule has 32 heavy (non-hydrogen) atoms. The Morgan fingerprint density at radius 2 is 1.66 bits per heavy atom. The lowest BCUT2D eigenvalue weighted by molar-refractivity contribution is 0.413. The van der Waals surface area contributed by atoms with Crippen molar-refractivity contribution in [3.05, 3.63) is 96.6 Å². The molecule has 1 unspecified atom stereocenters. The number of methoxy groups -OCH3 is 1. The Morgan fingerprint density at radius 1 is 0.906 bits per heavy atom. The van der Waals surface area contributed by atoms with Crippen molar-refractivity contribution in [2.24, 2.45) is 5.92 Å². The molecule has 1 aliphatic rings. The second kappa shape index (κ2) is 9.27. The minimum Gasteiger partial charge on any atom is -0.496 e. The van der Waals surface area contributed by atoms with Crippen LogP contribution in [-0.2, 0) is 6.42 Å². The molecule has 0 aliphatic heterocycles. The summed E-state index contributed by atoms with van der Waals surface area (Å²) >= 11 is 0. The van der Waals surface area contributed by atoms with Crippen LogP contribution in [0.15, 0.2) is 95.4 Å². The van der Waals surface area contributed by atoms with Gasteiger partial charge in [0.15, 0.2) is 5.76 Å². The van der Waals surface area contributed by atoms with Gasteiger partial charge in [0.1, 0.15) is 11.4 Å². The summed E-state index contributed by atoms with van der Waals surface area (Å²) in [6, 6.07) is 26.6. The zero-order chi connectivity index (χ0) is 21.8. The maximum atomic E-state index is 6.50. The summed E-state index contributed by atoms with van der Waals surface area (Å²) in [5.41, 5.74) is 5.06. The molecule has 0 spiro atoms. The number of hydrogen-bond donors (Lipinski definition) is 0. The van der Waals surface area contributed by atoms with Gasteiger partial charge in [-0.1, -0.05) is 84.9 Å². The van der Waals surface area contributed by atoms with Crippen molar-refractivity contribution < 1.29 is 9.15 Å². The van der Waals surface area contributed by atoms with E-state index < -0.39 is 0 Å². The average Bonchev–Trinajstić information content (AvgIpc) is 3.31. The summed E-state index contributed by atoms with van der Waals surface area (Å²) < 4.78 is 12.3. The molecule has 0 saturated heterocycles. The molecule has 0 bridgehead atoms. The normalized spacial score (nSPS) is 15.6. The van der Waals surface area contributed by atoms with Gasteiger partial charge >= 0.3 is 0 Å². The van der Waals surface area contributed by atoms with Crippen molar-refractivity contribution >= 4 is 0 Å². The van der Waals surface area contributed by atoms with E-state index >= 15 is 0 Å². The lowest BCUT2D eigenvalue weighted by atomic mass is 9.88. The Morgan fingerprint density at radius 3 is 2.34 bits per heavy atom. The molecule has 3 nitrogen and oxygen atoms in total. The number of nitrogens with zero attached hydrogens (tertiary/aromatic N) is 1. The molecular formula is C29H27NO2. The molecule has 1 atom stereocenters. The minimum absolute atomic E-state index is 0.534. The summed E-state index contributed by atoms with van der Waals surface area (Å²) in [5, 5.41) is 0. The van der Waals surface area contributed by atoms with Gasteiger partial charge in [-0.05, 0) is 43.2 Å². The van der Waals surface area contributed by atoms with Gasteiger partial charge in [-0.25, -0.2) is 4.98 Å². The van der Waals surface area contributed by atoms with Gasteiger partial charge in [-0.3, -0.25) is 0 Å². The Kier molecular flexibility index (Phi) is 5.89. The van der Waals surface area contributed by atoms with E-state index in [2.05, 4.69) is 48.6 Å². The van der Waals surface area contributed by atoms with Crippen LogP contribution in [0.25, 0.3) is 34.0 Å². The van der Waals surface area contributed by atoms with E-state index in [1.165, 1.54) is 24.8 Å². The third-order valence-electron chi connectivity index (χ3n) is 6.09. The second-order valence-corrected chi connectivity index (χ2v) is 8.25. The summed E-state index contributed by atoms with van der Waals surface area (Å²) in [7, 11) is 1.71. The maximum Gasteiger partial charge on any atom is 0.231 e. The van der Waals surface area contributed by atoms with E-state index in [4.69, 9.17) is 14.1 Å². The van der Waals surface area contributed by atoms with E-state index in [0.29, 0.717) is 11.8 Å². The highest BCUT2D eigenvalue weighted by Crippen LogP contribution is 2.41. The Bertz CT molecular complexity index is 1150. The van der Waals surface area contributed by atoms with Gasteiger partial charge in [0, 0.05) is 11.1 Å². The fourth-order valence-electron chi connectivity index (χ4n) is 4.50. The third kappa shape index (κ3) is 4.11. The van der Waals surface area contributed by atoms with Crippen LogP contribution in [0.5, 0.6) is 5.75 Å². The van der Waals surface area contributed by atoms with Crippen molar-refractivity contribution in [1.29, 1.82) is 0 Å². The number of benzene rings is 3. The molecule has 1 aromatic heterocycles. The zero-order valence-electron chi connectivity index (χ0n) is 18.3. The van der Waals surface area contributed by atoms with Crippen molar-refractivity contribution in [2.75, 3.05) is 7.11 Å². The molecule has 0 radical (unpaired) electrons. The standard InChI is InChI=1S/C29H27NO2/c1-31-25-19-11-18-24(20-21-12-5-2-6-13-21)26(25)29-30-27(22-14-7-3-8-15-22)28(32-29)23-16-9-4-10-17-23/h3-5,7-12,14-19,21H,2,6,13,20H2,1H3. The smallest absolute Gasteiger partial charge is 0.231 e. The van der Waals surface area contributed by atoms with Gasteiger partial charge in [-0.2, -0.15) is 0 Å². The van der Waals surface area contributed by atoms with Crippen LogP contribution in [0.2, 0.25) is 0 Å². The average molecular weight is 422 g/mol.